The van der Waals surface area contributed by atoms with E-state index in [-0.39, 0.29) is 0 Å². The van der Waals surface area contributed by atoms with Gasteiger partial charge in [-0.25, -0.2) is 4.68 Å². The molecule has 0 aliphatic carbocycles. The van der Waals surface area contributed by atoms with E-state index in [1.807, 2.05) is 26.0 Å². The van der Waals surface area contributed by atoms with Crippen molar-refractivity contribution in [1.29, 1.82) is 0 Å². The molecule has 1 aromatic heterocycles. The highest BCUT2D eigenvalue weighted by atomic mass is 15.4. The van der Waals surface area contributed by atoms with Crippen LogP contribution >= 0.6 is 0 Å². The van der Waals surface area contributed by atoms with Crippen LogP contribution in [-0.4, -0.2) is 21.6 Å². The van der Waals surface area contributed by atoms with Crippen LogP contribution in [0.4, 0.5) is 0 Å². The van der Waals surface area contributed by atoms with Crippen LogP contribution < -0.4 is 0 Å². The van der Waals surface area contributed by atoms with Crippen LogP contribution in [0.5, 0.6) is 0 Å². The van der Waals surface area contributed by atoms with Crippen LogP contribution in [0.3, 0.4) is 0 Å². The van der Waals surface area contributed by atoms with Gasteiger partial charge in [0.1, 0.15) is 6.33 Å². The minimum Gasteiger partial charge on any atom is -0.201 e. The minimum absolute atomic E-state index is 0.710. The van der Waals surface area contributed by atoms with Gasteiger partial charge in [0.15, 0.2) is 5.82 Å². The topological polar surface area (TPSA) is 43.1 Å². The molecule has 0 radical (unpaired) electrons. The Morgan fingerprint density at radius 2 is 2.31 bits per heavy atom. The Kier molecular flexibility index (Phi) is 6.41. The molecule has 72 valence electrons. The quantitative estimate of drug-likeness (QED) is 0.669. The smallest absolute Gasteiger partial charge is 0.177 e. The first-order valence-corrected chi connectivity index (χ1v) is 4.42. The fraction of sp³-hybridized carbons (Fsp3) is 0.444. The lowest BCUT2D eigenvalue weighted by molar-refractivity contribution is 0.869. The molecule has 0 aliphatic heterocycles. The van der Waals surface area contributed by atoms with E-state index in [1.54, 1.807) is 0 Å². The average molecular weight is 180 g/mol. The van der Waals surface area contributed by atoms with Crippen LogP contribution in [0.2, 0.25) is 0 Å². The van der Waals surface area contributed by atoms with Gasteiger partial charge in [0.05, 0.1) is 0 Å². The fourth-order valence-electron chi connectivity index (χ4n) is 0.681. The monoisotopic (exact) mass is 180 g/mol. The molecular weight excluding hydrogens is 164 g/mol. The Morgan fingerprint density at radius 1 is 1.62 bits per heavy atom. The van der Waals surface area contributed by atoms with E-state index in [4.69, 9.17) is 0 Å². The Morgan fingerprint density at radius 3 is 2.85 bits per heavy atom. The molecule has 1 heterocycles. The molecule has 0 saturated heterocycles. The van der Waals surface area contributed by atoms with E-state index in [2.05, 4.69) is 28.9 Å². The molecule has 4 heteroatoms. The number of aromatic nitrogens is 3. The van der Waals surface area contributed by atoms with E-state index >= 15 is 0 Å². The second kappa shape index (κ2) is 7.21. The molecule has 0 aliphatic rings. The van der Waals surface area contributed by atoms with Crippen molar-refractivity contribution in [3.05, 3.63) is 18.2 Å². The molecular formula is C9H16N4. The lowest BCUT2D eigenvalue weighted by Gasteiger charge is -1.89. The van der Waals surface area contributed by atoms with Crippen LogP contribution in [0, 0.1) is 0 Å². The van der Waals surface area contributed by atoms with Gasteiger partial charge < -0.3 is 0 Å². The molecule has 0 spiro atoms. The molecule has 0 atom stereocenters. The molecule has 0 fully saturated rings. The molecule has 0 bridgehead atoms. The minimum atomic E-state index is 0.710. The van der Waals surface area contributed by atoms with Crippen LogP contribution in [0.15, 0.2) is 17.5 Å². The average Bonchev–Trinajstić information content (AvgIpc) is 2.65. The standard InChI is InChI=1S/C7H10N4.C2H6/c1-3-4-5-7-10-9-6-11(7)8-2;1-2/h4-6H,2-3H2,1H3;1-2H3/b5-4-;. The molecule has 0 N–H and O–H groups in total. The van der Waals surface area contributed by atoms with Crippen molar-refractivity contribution >= 4 is 12.8 Å². The van der Waals surface area contributed by atoms with Crippen molar-refractivity contribution in [3.8, 4) is 0 Å². The maximum atomic E-state index is 3.82. The van der Waals surface area contributed by atoms with Crippen molar-refractivity contribution in [2.24, 2.45) is 5.10 Å². The van der Waals surface area contributed by atoms with Gasteiger partial charge in [0, 0.05) is 6.72 Å². The fourth-order valence-corrected chi connectivity index (χ4v) is 0.681. The number of hydrogen-bond acceptors (Lipinski definition) is 3. The van der Waals surface area contributed by atoms with Crippen molar-refractivity contribution in [2.45, 2.75) is 27.2 Å². The Balaban J connectivity index is 0.000000671. The van der Waals surface area contributed by atoms with Crippen molar-refractivity contribution < 1.29 is 0 Å². The van der Waals surface area contributed by atoms with Gasteiger partial charge >= 0.3 is 0 Å². The van der Waals surface area contributed by atoms with Crippen LogP contribution in [0.1, 0.15) is 33.0 Å². The summed E-state index contributed by atoms with van der Waals surface area (Å²) < 4.78 is 1.52. The first-order valence-electron chi connectivity index (χ1n) is 4.42. The maximum absolute atomic E-state index is 3.82. The van der Waals surface area contributed by atoms with Gasteiger partial charge in [-0.3, -0.25) is 0 Å². The molecule has 4 nitrogen and oxygen atoms in total. The van der Waals surface area contributed by atoms with Gasteiger partial charge in [-0.1, -0.05) is 26.8 Å². The summed E-state index contributed by atoms with van der Waals surface area (Å²) in [6.07, 6.45) is 6.35. The predicted molar refractivity (Wildman–Crippen MR) is 55.6 cm³/mol. The molecule has 0 saturated carbocycles. The van der Waals surface area contributed by atoms with Gasteiger partial charge in [0.25, 0.3) is 0 Å². The first-order chi connectivity index (χ1) is 6.38. The van der Waals surface area contributed by atoms with E-state index in [1.165, 1.54) is 11.0 Å². The summed E-state index contributed by atoms with van der Waals surface area (Å²) >= 11 is 0. The number of allylic oxidation sites excluding steroid dienone is 1. The Hall–Kier alpha value is -1.45. The first kappa shape index (κ1) is 11.6. The lowest BCUT2D eigenvalue weighted by atomic mass is 10.4. The van der Waals surface area contributed by atoms with Gasteiger partial charge in [-0.2, -0.15) is 5.10 Å². The summed E-state index contributed by atoms with van der Waals surface area (Å²) in [4.78, 5) is 0. The predicted octanol–water partition coefficient (Wildman–Crippen LogP) is 2.19. The van der Waals surface area contributed by atoms with E-state index in [0.717, 1.165) is 6.42 Å². The molecule has 1 aromatic rings. The summed E-state index contributed by atoms with van der Waals surface area (Å²) in [6.45, 7) is 9.43. The number of hydrogen-bond donors (Lipinski definition) is 0. The second-order valence-electron chi connectivity index (χ2n) is 1.99. The third-order valence-electron chi connectivity index (χ3n) is 1.21. The summed E-state index contributed by atoms with van der Waals surface area (Å²) in [5.74, 6) is 0.710. The number of rotatable bonds is 3. The zero-order chi connectivity index (χ0) is 10.1. The highest BCUT2D eigenvalue weighted by Gasteiger charge is 1.94. The summed E-state index contributed by atoms with van der Waals surface area (Å²) in [6, 6.07) is 0. The highest BCUT2D eigenvalue weighted by molar-refractivity contribution is 5.39. The SMILES string of the molecule is C=Nn1cnnc1/C=C\CC.CC. The van der Waals surface area contributed by atoms with E-state index in [9.17, 15) is 0 Å². The summed E-state index contributed by atoms with van der Waals surface area (Å²) in [7, 11) is 0. The Labute approximate surface area is 79.0 Å². The van der Waals surface area contributed by atoms with Crippen molar-refractivity contribution in [3.63, 3.8) is 0 Å². The van der Waals surface area contributed by atoms with Crippen LogP contribution in [0.25, 0.3) is 6.08 Å². The van der Waals surface area contributed by atoms with Gasteiger partial charge in [-0.15, -0.1) is 10.2 Å². The summed E-state index contributed by atoms with van der Waals surface area (Å²) in [5, 5.41) is 11.2. The largest absolute Gasteiger partial charge is 0.201 e. The zero-order valence-electron chi connectivity index (χ0n) is 8.44. The normalized spacial score (nSPS) is 9.46. The lowest BCUT2D eigenvalue weighted by Crippen LogP contribution is -1.88. The third kappa shape index (κ3) is 3.64. The van der Waals surface area contributed by atoms with Gasteiger partial charge in [0.2, 0.25) is 0 Å². The Bertz CT molecular complexity index is 262. The molecule has 13 heavy (non-hydrogen) atoms. The maximum Gasteiger partial charge on any atom is 0.177 e. The van der Waals surface area contributed by atoms with E-state index in [0.29, 0.717) is 5.82 Å². The molecule has 1 rings (SSSR count). The summed E-state index contributed by atoms with van der Waals surface area (Å²) in [5.41, 5.74) is 0. The van der Waals surface area contributed by atoms with E-state index < -0.39 is 0 Å². The molecule has 0 aromatic carbocycles. The van der Waals surface area contributed by atoms with Crippen LogP contribution in [-0.2, 0) is 0 Å². The third-order valence-corrected chi connectivity index (χ3v) is 1.21. The molecule has 0 amide bonds. The molecule has 0 unspecified atom stereocenters. The van der Waals surface area contributed by atoms with Gasteiger partial charge in [-0.05, 0) is 12.5 Å². The van der Waals surface area contributed by atoms with Crippen molar-refractivity contribution in [1.82, 2.24) is 14.9 Å². The van der Waals surface area contributed by atoms with Crippen molar-refractivity contribution in [2.75, 3.05) is 0 Å². The number of nitrogens with zero attached hydrogens (tertiary/aromatic N) is 4. The second-order valence-corrected chi connectivity index (χ2v) is 1.99. The highest BCUT2D eigenvalue weighted by Crippen LogP contribution is 1.97. The zero-order valence-corrected chi connectivity index (χ0v) is 8.44.